The Hall–Kier alpha value is -11.0. The highest BCUT2D eigenvalue weighted by atomic mass is 32.1. The molecule has 0 spiro atoms. The average molecular weight is 1100 g/mol. The number of hydrogen-bond donors (Lipinski definition) is 0. The maximum absolute atomic E-state index is 6.91. The monoisotopic (exact) mass is 1100 g/mol. The maximum Gasteiger partial charge on any atom is 0.159 e. The van der Waals surface area contributed by atoms with Gasteiger partial charge < -0.3 is 18.6 Å². The van der Waals surface area contributed by atoms with Crippen LogP contribution in [-0.2, 0) is 0 Å². The minimum atomic E-state index is 0.837. The van der Waals surface area contributed by atoms with Crippen molar-refractivity contribution in [2.24, 2.45) is 0 Å². The average Bonchev–Trinajstić information content (AvgIpc) is 3.76. The van der Waals surface area contributed by atoms with Gasteiger partial charge in [0.2, 0.25) is 0 Å². The lowest BCUT2D eigenvalue weighted by molar-refractivity contribution is 0.668. The van der Waals surface area contributed by atoms with Crippen LogP contribution in [0.4, 0.5) is 34.1 Å². The van der Waals surface area contributed by atoms with Crippen molar-refractivity contribution in [3.63, 3.8) is 0 Å². The minimum Gasteiger partial charge on any atom is -0.454 e. The molecule has 17 rings (SSSR count). The third-order valence-corrected chi connectivity index (χ3v) is 18.1. The van der Waals surface area contributed by atoms with E-state index in [1.54, 1.807) is 0 Å². The smallest absolute Gasteiger partial charge is 0.159 e. The summed E-state index contributed by atoms with van der Waals surface area (Å²) in [5.41, 5.74) is 18.6. The van der Waals surface area contributed by atoms with E-state index in [1.165, 1.54) is 41.7 Å². The predicted molar refractivity (Wildman–Crippen MR) is 360 cm³/mol. The zero-order valence-electron chi connectivity index (χ0n) is 46.0. The molecule has 398 valence electrons. The van der Waals surface area contributed by atoms with Gasteiger partial charge in [-0.05, 0) is 146 Å². The molecular formula is C80H50N2O2S. The summed E-state index contributed by atoms with van der Waals surface area (Å²) in [7, 11) is 0. The van der Waals surface area contributed by atoms with Crippen molar-refractivity contribution in [1.29, 1.82) is 0 Å². The molecule has 14 aromatic carbocycles. The first-order chi connectivity index (χ1) is 42.1. The highest BCUT2D eigenvalue weighted by Gasteiger charge is 2.26. The van der Waals surface area contributed by atoms with Crippen molar-refractivity contribution in [1.82, 2.24) is 0 Å². The molecule has 0 aliphatic heterocycles. The van der Waals surface area contributed by atoms with E-state index in [-0.39, 0.29) is 0 Å². The zero-order chi connectivity index (χ0) is 56.0. The third-order valence-electron chi connectivity index (χ3n) is 17.0. The van der Waals surface area contributed by atoms with Gasteiger partial charge in [0.1, 0.15) is 11.2 Å². The van der Waals surface area contributed by atoms with E-state index in [2.05, 4.69) is 301 Å². The van der Waals surface area contributed by atoms with Crippen LogP contribution < -0.4 is 9.80 Å². The summed E-state index contributed by atoms with van der Waals surface area (Å²) in [5.74, 6) is 0. The largest absolute Gasteiger partial charge is 0.454 e. The second-order valence-corrected chi connectivity index (χ2v) is 23.0. The van der Waals surface area contributed by atoms with Crippen LogP contribution in [0.3, 0.4) is 0 Å². The van der Waals surface area contributed by atoms with E-state index in [0.717, 1.165) is 123 Å². The fourth-order valence-corrected chi connectivity index (χ4v) is 14.3. The third kappa shape index (κ3) is 8.19. The number of thiophene rings is 1. The van der Waals surface area contributed by atoms with Crippen molar-refractivity contribution < 1.29 is 8.83 Å². The number of furan rings is 2. The number of hydrogen-bond acceptors (Lipinski definition) is 5. The number of rotatable bonds is 10. The van der Waals surface area contributed by atoms with E-state index in [4.69, 9.17) is 8.83 Å². The zero-order valence-corrected chi connectivity index (χ0v) is 46.8. The molecule has 0 amide bonds. The summed E-state index contributed by atoms with van der Waals surface area (Å²) < 4.78 is 16.2. The lowest BCUT2D eigenvalue weighted by Gasteiger charge is -2.27. The molecule has 0 N–H and O–H groups in total. The molecule has 0 unspecified atom stereocenters. The van der Waals surface area contributed by atoms with Gasteiger partial charge in [-0.25, -0.2) is 0 Å². The van der Waals surface area contributed by atoms with Crippen LogP contribution in [0.1, 0.15) is 0 Å². The SMILES string of the molecule is c1ccc(-c2cc(-c3ccccc3)cc(N(c3ccc4c(c3)sc3c5ccc(N(c6cc(-c7ccccc7)cc(-c7ccccc7)c6)c6cccc7c6oc6ccccc67)cc5c5ccccc5c43)c3cccc4c3oc3ccccc34)c2)cc1. The summed E-state index contributed by atoms with van der Waals surface area (Å²) in [6.45, 7) is 0. The molecule has 0 bridgehead atoms. The standard InChI is InChI=1S/C80H50N2O2S/c1-5-21-51(22-6-1)55-43-56(52-23-7-2-8-24-52)46-61(45-55)81(72-35-19-33-67-64-30-15-17-37-74(64)83-78(67)72)59-39-41-69-71(49-59)63-29-13-14-32-66(63)77-70-42-40-60(50-76(70)85-80(69)77)82(73-36-20-34-68-65-31-16-18-38-75(65)84-79(68)73)62-47-57(53-25-9-3-10-26-53)44-58(48-62)54-27-11-4-12-28-54/h1-50H. The summed E-state index contributed by atoms with van der Waals surface area (Å²) in [6, 6.07) is 110. The summed E-state index contributed by atoms with van der Waals surface area (Å²) in [5, 5.41) is 11.6. The van der Waals surface area contributed by atoms with Gasteiger partial charge in [0.25, 0.3) is 0 Å². The Morgan fingerprint density at radius 1 is 0.235 bits per heavy atom. The van der Waals surface area contributed by atoms with Gasteiger partial charge in [-0.2, -0.15) is 0 Å². The lowest BCUT2D eigenvalue weighted by atomic mass is 9.95. The summed E-state index contributed by atoms with van der Waals surface area (Å²) in [6.07, 6.45) is 0. The van der Waals surface area contributed by atoms with Crippen LogP contribution in [0.25, 0.3) is 130 Å². The Balaban J connectivity index is 0.893. The van der Waals surface area contributed by atoms with Gasteiger partial charge in [0.05, 0.1) is 11.4 Å². The molecule has 0 radical (unpaired) electrons. The summed E-state index contributed by atoms with van der Waals surface area (Å²) >= 11 is 1.87. The number of nitrogens with zero attached hydrogens (tertiary/aromatic N) is 2. The van der Waals surface area contributed by atoms with Crippen molar-refractivity contribution in [3.8, 4) is 44.5 Å². The molecule has 0 aliphatic carbocycles. The van der Waals surface area contributed by atoms with E-state index >= 15 is 0 Å². The predicted octanol–water partition coefficient (Wildman–Crippen LogP) is 23.8. The molecule has 0 saturated carbocycles. The fraction of sp³-hybridized carbons (Fsp3) is 0. The van der Waals surface area contributed by atoms with Gasteiger partial charge in [0.15, 0.2) is 11.2 Å². The molecule has 0 atom stereocenters. The van der Waals surface area contributed by atoms with Crippen molar-refractivity contribution in [3.05, 3.63) is 303 Å². The topological polar surface area (TPSA) is 32.8 Å². The molecule has 3 aromatic heterocycles. The number of anilines is 6. The molecule has 3 heterocycles. The Morgan fingerprint density at radius 2 is 0.624 bits per heavy atom. The second kappa shape index (κ2) is 19.9. The van der Waals surface area contributed by atoms with Crippen molar-refractivity contribution in [2.75, 3.05) is 9.80 Å². The van der Waals surface area contributed by atoms with Crippen LogP contribution in [0, 0.1) is 0 Å². The van der Waals surface area contributed by atoms with Gasteiger partial charge in [-0.1, -0.05) is 218 Å². The number of fused-ring (bicyclic) bond motifs is 14. The first-order valence-corrected chi connectivity index (χ1v) is 29.7. The van der Waals surface area contributed by atoms with E-state index in [0.29, 0.717) is 0 Å². The van der Waals surface area contributed by atoms with Crippen molar-refractivity contribution in [2.45, 2.75) is 0 Å². The Morgan fingerprint density at radius 3 is 1.09 bits per heavy atom. The molecule has 0 saturated heterocycles. The molecule has 0 aliphatic rings. The minimum absolute atomic E-state index is 0.837. The van der Waals surface area contributed by atoms with E-state index in [9.17, 15) is 0 Å². The van der Waals surface area contributed by atoms with E-state index < -0.39 is 0 Å². The Labute approximate surface area is 494 Å². The quantitative estimate of drug-likeness (QED) is 0.128. The first-order valence-electron chi connectivity index (χ1n) is 28.9. The van der Waals surface area contributed by atoms with Crippen LogP contribution in [-0.4, -0.2) is 0 Å². The normalized spacial score (nSPS) is 11.8. The van der Waals surface area contributed by atoms with E-state index in [1.807, 2.05) is 23.5 Å². The maximum atomic E-state index is 6.91. The van der Waals surface area contributed by atoms with Gasteiger partial charge in [-0.15, -0.1) is 11.3 Å². The fourth-order valence-electron chi connectivity index (χ4n) is 13.1. The molecule has 4 nitrogen and oxygen atoms in total. The molecule has 5 heteroatoms. The second-order valence-electron chi connectivity index (χ2n) is 21.9. The summed E-state index contributed by atoms with van der Waals surface area (Å²) in [4.78, 5) is 4.81. The molecule has 85 heavy (non-hydrogen) atoms. The first kappa shape index (κ1) is 48.7. The van der Waals surface area contributed by atoms with Gasteiger partial charge in [0, 0.05) is 69.9 Å². The van der Waals surface area contributed by atoms with Crippen molar-refractivity contribution >= 4 is 131 Å². The number of benzene rings is 14. The van der Waals surface area contributed by atoms with Crippen LogP contribution in [0.5, 0.6) is 0 Å². The number of para-hydroxylation sites is 4. The van der Waals surface area contributed by atoms with Crippen LogP contribution in [0.2, 0.25) is 0 Å². The van der Waals surface area contributed by atoms with Crippen LogP contribution >= 0.6 is 11.3 Å². The Kier molecular flexibility index (Phi) is 11.4. The Bertz CT molecular complexity index is 5320. The highest BCUT2D eigenvalue weighted by Crippen LogP contribution is 2.51. The van der Waals surface area contributed by atoms with Gasteiger partial charge >= 0.3 is 0 Å². The van der Waals surface area contributed by atoms with Crippen LogP contribution in [0.15, 0.2) is 312 Å². The molecule has 0 fully saturated rings. The molecule has 17 aromatic rings. The lowest BCUT2D eigenvalue weighted by Crippen LogP contribution is -2.11. The molecular weight excluding hydrogens is 1050 g/mol. The van der Waals surface area contributed by atoms with Gasteiger partial charge in [-0.3, -0.25) is 0 Å². The highest BCUT2D eigenvalue weighted by molar-refractivity contribution is 7.27.